The maximum absolute atomic E-state index is 13.7. The lowest BCUT2D eigenvalue weighted by molar-refractivity contribution is -0.145. The topological polar surface area (TPSA) is 191 Å². The van der Waals surface area contributed by atoms with Gasteiger partial charge in [-0.3, -0.25) is 19.1 Å². The predicted octanol–water partition coefficient (Wildman–Crippen LogP) is 0.404. The summed E-state index contributed by atoms with van der Waals surface area (Å²) in [6.07, 6.45) is 1.87. The fourth-order valence-corrected chi connectivity index (χ4v) is 6.44. The van der Waals surface area contributed by atoms with Gasteiger partial charge in [-0.05, 0) is 45.4 Å². The number of hydrogen-bond acceptors (Lipinski definition) is 8. The Hall–Kier alpha value is -2.97. The number of nitrogens with zero attached hydrogens (tertiary/aromatic N) is 1. The first-order valence-electron chi connectivity index (χ1n) is 13.5. The summed E-state index contributed by atoms with van der Waals surface area (Å²) in [5, 5.41) is 24.0. The predicted molar refractivity (Wildman–Crippen MR) is 144 cm³/mol. The van der Waals surface area contributed by atoms with E-state index in [0.29, 0.717) is 25.7 Å². The molecule has 7 atom stereocenters. The molecular formula is C26H40N4O9S. The molecule has 0 aromatic rings. The van der Waals surface area contributed by atoms with Crippen molar-refractivity contribution in [2.75, 3.05) is 6.54 Å². The summed E-state index contributed by atoms with van der Waals surface area (Å²) in [5.41, 5.74) is -1.56. The molecule has 40 heavy (non-hydrogen) atoms. The Morgan fingerprint density at radius 3 is 2.42 bits per heavy atom. The Bertz CT molecular complexity index is 1130. The molecule has 0 spiro atoms. The van der Waals surface area contributed by atoms with Gasteiger partial charge in [0.25, 0.3) is 5.91 Å². The molecule has 14 heteroatoms. The highest BCUT2D eigenvalue weighted by molar-refractivity contribution is 7.91. The van der Waals surface area contributed by atoms with Gasteiger partial charge in [0.2, 0.25) is 21.8 Å². The molecule has 3 fully saturated rings. The highest BCUT2D eigenvalue weighted by atomic mass is 32.2. The second-order valence-electron chi connectivity index (χ2n) is 10.8. The number of amides is 4. The number of hydrogen-bond donors (Lipinski definition) is 5. The van der Waals surface area contributed by atoms with Crippen molar-refractivity contribution in [3.8, 4) is 0 Å². The van der Waals surface area contributed by atoms with Gasteiger partial charge in [0.1, 0.15) is 17.6 Å². The second-order valence-corrected chi connectivity index (χ2v) is 12.7. The molecule has 1 heterocycles. The number of nitrogens with one attached hydrogen (secondary N) is 3. The number of allylic oxidation sites excluding steroid dienone is 1. The van der Waals surface area contributed by atoms with Crippen molar-refractivity contribution in [1.29, 1.82) is 0 Å². The van der Waals surface area contributed by atoms with Crippen molar-refractivity contribution in [3.63, 3.8) is 0 Å². The Morgan fingerprint density at radius 2 is 1.90 bits per heavy atom. The molecule has 224 valence electrons. The first-order valence-corrected chi connectivity index (χ1v) is 15.1. The highest BCUT2D eigenvalue weighted by Crippen LogP contribution is 2.45. The zero-order chi connectivity index (χ0) is 29.8. The van der Waals surface area contributed by atoms with Crippen molar-refractivity contribution < 1.29 is 42.5 Å². The standard InChI is InChI=1S/C26H40N4O9S/c1-5-8-9-15(4)39-20(7-3)21(27-25(35)36)23(33)30-14-17(31)12-19(30)22(32)28-26(13-16(26)6-2)24(34)29-40(37,38)18-10-11-18/h5-6,15-21,27,31H,1-2,7-14H2,3-4H3,(H,28,32)(H,29,34)(H,35,36)/t15?,16-,17-,19+,20+,21+,26-/m1/s1. The minimum atomic E-state index is -3.87. The van der Waals surface area contributed by atoms with Crippen LogP contribution < -0.4 is 15.4 Å². The van der Waals surface area contributed by atoms with Gasteiger partial charge in [-0.2, -0.15) is 0 Å². The van der Waals surface area contributed by atoms with Crippen LogP contribution in [0.1, 0.15) is 58.8 Å². The number of β-amino-alcohol motifs (C(OH)–C–C–N with tert-alkyl or cyclic N) is 1. The summed E-state index contributed by atoms with van der Waals surface area (Å²) >= 11 is 0. The maximum atomic E-state index is 13.7. The Morgan fingerprint density at radius 1 is 1.23 bits per heavy atom. The van der Waals surface area contributed by atoms with Crippen LogP contribution >= 0.6 is 0 Å². The summed E-state index contributed by atoms with van der Waals surface area (Å²) < 4.78 is 32.8. The first-order chi connectivity index (χ1) is 18.8. The number of aliphatic hydroxyl groups excluding tert-OH is 1. The third-order valence-electron chi connectivity index (χ3n) is 7.62. The first kappa shape index (κ1) is 31.6. The molecule has 1 aliphatic heterocycles. The average Bonchev–Trinajstić information content (AvgIpc) is 3.81. The summed E-state index contributed by atoms with van der Waals surface area (Å²) in [5.74, 6) is -2.94. The third-order valence-corrected chi connectivity index (χ3v) is 9.44. The van der Waals surface area contributed by atoms with Crippen LogP contribution in [-0.2, 0) is 29.1 Å². The van der Waals surface area contributed by atoms with E-state index in [2.05, 4.69) is 28.5 Å². The molecule has 0 aromatic heterocycles. The lowest BCUT2D eigenvalue weighted by Crippen LogP contribution is -2.60. The van der Waals surface area contributed by atoms with Gasteiger partial charge in [-0.25, -0.2) is 13.2 Å². The van der Waals surface area contributed by atoms with Crippen LogP contribution in [0.15, 0.2) is 25.3 Å². The third kappa shape index (κ3) is 7.21. The lowest BCUT2D eigenvalue weighted by Gasteiger charge is -2.33. The summed E-state index contributed by atoms with van der Waals surface area (Å²) in [6.45, 7) is 10.6. The molecule has 2 aliphatic carbocycles. The monoisotopic (exact) mass is 584 g/mol. The van der Waals surface area contributed by atoms with Crippen molar-refractivity contribution in [2.24, 2.45) is 5.92 Å². The van der Waals surface area contributed by atoms with Gasteiger partial charge in [-0.1, -0.05) is 19.1 Å². The number of carbonyl (C=O) groups excluding carboxylic acids is 3. The van der Waals surface area contributed by atoms with Crippen molar-refractivity contribution in [1.82, 2.24) is 20.3 Å². The van der Waals surface area contributed by atoms with Gasteiger partial charge >= 0.3 is 6.09 Å². The van der Waals surface area contributed by atoms with Gasteiger partial charge in [-0.15, -0.1) is 13.2 Å². The minimum Gasteiger partial charge on any atom is -0.465 e. The summed E-state index contributed by atoms with van der Waals surface area (Å²) in [4.78, 5) is 52.9. The van der Waals surface area contributed by atoms with E-state index >= 15 is 0 Å². The van der Waals surface area contributed by atoms with Gasteiger partial charge in [0.05, 0.1) is 23.6 Å². The number of carboxylic acid groups (broad SMARTS) is 1. The number of rotatable bonds is 15. The molecule has 0 bridgehead atoms. The molecule has 3 aliphatic rings. The SMILES string of the molecule is C=CCCC(C)O[C@@H](CC)[C@H](NC(=O)O)C(=O)N1C[C@H](O)C[C@H]1C(=O)N[C@]1(C(=O)NS(=O)(=O)C2CC2)C[C@H]1C=C. The molecule has 0 radical (unpaired) electrons. The molecule has 5 N–H and O–H groups in total. The van der Waals surface area contributed by atoms with Crippen LogP contribution in [0.3, 0.4) is 0 Å². The number of sulfonamides is 1. The van der Waals surface area contributed by atoms with Crippen molar-refractivity contribution in [3.05, 3.63) is 25.3 Å². The Kier molecular flexibility index (Phi) is 10.0. The normalized spacial score (nSPS) is 28.1. The van der Waals surface area contributed by atoms with Crippen molar-refractivity contribution in [2.45, 2.75) is 100.0 Å². The van der Waals surface area contributed by atoms with E-state index in [1.54, 1.807) is 19.9 Å². The van der Waals surface area contributed by atoms with E-state index in [0.717, 1.165) is 4.90 Å². The average molecular weight is 585 g/mol. The molecular weight excluding hydrogens is 544 g/mol. The number of likely N-dealkylation sites (tertiary alicyclic amines) is 1. The van der Waals surface area contributed by atoms with Crippen molar-refractivity contribution >= 4 is 33.8 Å². The van der Waals surface area contributed by atoms with Crippen LogP contribution in [0.5, 0.6) is 0 Å². The molecule has 1 unspecified atom stereocenters. The fourth-order valence-electron chi connectivity index (χ4n) is 5.08. The van der Waals surface area contributed by atoms with Crippen LogP contribution in [0.2, 0.25) is 0 Å². The van der Waals surface area contributed by atoms with Gasteiger partial charge in [0, 0.05) is 18.9 Å². The Labute approximate surface area is 234 Å². The highest BCUT2D eigenvalue weighted by Gasteiger charge is 2.62. The van der Waals surface area contributed by atoms with E-state index in [-0.39, 0.29) is 31.9 Å². The number of carbonyl (C=O) groups is 4. The molecule has 2 saturated carbocycles. The van der Waals surface area contributed by atoms with Crippen LogP contribution in [0.4, 0.5) is 4.79 Å². The van der Waals surface area contributed by atoms with Crippen LogP contribution in [0.25, 0.3) is 0 Å². The van der Waals surface area contributed by atoms with E-state index in [1.165, 1.54) is 6.08 Å². The van der Waals surface area contributed by atoms with Crippen LogP contribution in [-0.4, -0.2) is 95.1 Å². The Balaban J connectivity index is 1.79. The molecule has 4 amide bonds. The van der Waals surface area contributed by atoms with Gasteiger partial charge < -0.3 is 30.5 Å². The summed E-state index contributed by atoms with van der Waals surface area (Å²) in [7, 11) is -3.87. The fraction of sp³-hybridized carbons (Fsp3) is 0.692. The quantitative estimate of drug-likeness (QED) is 0.170. The minimum absolute atomic E-state index is 0.120. The number of ether oxygens (including phenoxy) is 1. The largest absolute Gasteiger partial charge is 0.465 e. The smallest absolute Gasteiger partial charge is 0.405 e. The molecule has 0 aromatic carbocycles. The zero-order valence-electron chi connectivity index (χ0n) is 22.9. The van der Waals surface area contributed by atoms with Gasteiger partial charge in [0.15, 0.2) is 0 Å². The molecule has 3 rings (SSSR count). The lowest BCUT2D eigenvalue weighted by atomic mass is 10.0. The molecule has 1 saturated heterocycles. The maximum Gasteiger partial charge on any atom is 0.405 e. The number of aliphatic hydroxyl groups is 1. The van der Waals surface area contributed by atoms with E-state index in [4.69, 9.17) is 4.74 Å². The van der Waals surface area contributed by atoms with E-state index < -0.39 is 74.8 Å². The zero-order valence-corrected chi connectivity index (χ0v) is 23.7. The second kappa shape index (κ2) is 12.7. The van der Waals surface area contributed by atoms with E-state index in [1.807, 2.05) is 0 Å². The van der Waals surface area contributed by atoms with Crippen LogP contribution in [0, 0.1) is 5.92 Å². The summed E-state index contributed by atoms with van der Waals surface area (Å²) in [6, 6.07) is -2.59. The molecule has 13 nitrogen and oxygen atoms in total. The van der Waals surface area contributed by atoms with E-state index in [9.17, 15) is 37.8 Å².